The molecule has 0 unspecified atom stereocenters. The SMILES string of the molecule is CN1CCC(Cc2c(O)ccc3c(=O)c(-c4ccc(Cl)cc4Cl)c(C(F)(F)F)oc23)CC1. The van der Waals surface area contributed by atoms with Gasteiger partial charge in [-0.3, -0.25) is 4.79 Å². The van der Waals surface area contributed by atoms with Crippen molar-refractivity contribution in [3.63, 3.8) is 0 Å². The maximum atomic E-state index is 14.0. The van der Waals surface area contributed by atoms with Gasteiger partial charge in [-0.05, 0) is 69.6 Å². The number of hydrogen-bond acceptors (Lipinski definition) is 4. The second kappa shape index (κ2) is 8.61. The van der Waals surface area contributed by atoms with Gasteiger partial charge >= 0.3 is 6.18 Å². The van der Waals surface area contributed by atoms with Crippen LogP contribution in [0.3, 0.4) is 0 Å². The van der Waals surface area contributed by atoms with Gasteiger partial charge in [0.15, 0.2) is 0 Å². The lowest BCUT2D eigenvalue weighted by atomic mass is 9.89. The average molecular weight is 486 g/mol. The van der Waals surface area contributed by atoms with E-state index < -0.39 is 22.9 Å². The number of nitrogens with zero attached hydrogens (tertiary/aromatic N) is 1. The molecule has 1 fully saturated rings. The molecule has 0 aliphatic carbocycles. The van der Waals surface area contributed by atoms with Gasteiger partial charge in [0.25, 0.3) is 0 Å². The van der Waals surface area contributed by atoms with E-state index in [0.29, 0.717) is 6.42 Å². The molecule has 170 valence electrons. The van der Waals surface area contributed by atoms with Crippen LogP contribution in [0.25, 0.3) is 22.1 Å². The third kappa shape index (κ3) is 4.34. The molecule has 0 amide bonds. The summed E-state index contributed by atoms with van der Waals surface area (Å²) in [5, 5.41) is 10.5. The van der Waals surface area contributed by atoms with E-state index in [0.717, 1.165) is 25.9 Å². The van der Waals surface area contributed by atoms with Gasteiger partial charge in [0.2, 0.25) is 11.2 Å². The molecule has 32 heavy (non-hydrogen) atoms. The highest BCUT2D eigenvalue weighted by molar-refractivity contribution is 6.36. The van der Waals surface area contributed by atoms with E-state index in [1.165, 1.54) is 30.3 Å². The third-order valence-electron chi connectivity index (χ3n) is 5.93. The van der Waals surface area contributed by atoms with Crippen LogP contribution in [0.15, 0.2) is 39.5 Å². The Morgan fingerprint density at radius 1 is 1.16 bits per heavy atom. The van der Waals surface area contributed by atoms with Crippen molar-refractivity contribution in [2.75, 3.05) is 20.1 Å². The lowest BCUT2D eigenvalue weighted by Crippen LogP contribution is -2.31. The molecule has 1 aromatic heterocycles. The molecule has 1 aliphatic rings. The fraction of sp³-hybridized carbons (Fsp3) is 0.348. The van der Waals surface area contributed by atoms with E-state index in [1.807, 2.05) is 7.05 Å². The summed E-state index contributed by atoms with van der Waals surface area (Å²) in [7, 11) is 2.00. The quantitative estimate of drug-likeness (QED) is 0.467. The first kappa shape index (κ1) is 23.0. The predicted octanol–water partition coefficient (Wildman–Crippen LogP) is 6.38. The first-order chi connectivity index (χ1) is 15.1. The maximum absolute atomic E-state index is 14.0. The molecule has 1 saturated heterocycles. The molecule has 1 aliphatic heterocycles. The van der Waals surface area contributed by atoms with Crippen molar-refractivity contribution in [2.24, 2.45) is 5.92 Å². The number of aromatic hydroxyl groups is 1. The standard InChI is InChI=1S/C23H20Cl2F3NO3/c1-29-8-6-12(7-9-29)10-16-18(30)5-4-15-20(31)19(14-3-2-13(24)11-17(14)25)22(23(26,27)28)32-21(15)16/h2-5,11-12,30H,6-10H2,1H3. The highest BCUT2D eigenvalue weighted by Crippen LogP contribution is 2.42. The Hall–Kier alpha value is -2.22. The van der Waals surface area contributed by atoms with Gasteiger partial charge in [-0.15, -0.1) is 0 Å². The number of piperidine rings is 1. The summed E-state index contributed by atoms with van der Waals surface area (Å²) >= 11 is 12.0. The molecule has 0 bridgehead atoms. The van der Waals surface area contributed by atoms with Crippen molar-refractivity contribution in [2.45, 2.75) is 25.4 Å². The number of hydrogen-bond donors (Lipinski definition) is 1. The van der Waals surface area contributed by atoms with Crippen molar-refractivity contribution >= 4 is 34.2 Å². The van der Waals surface area contributed by atoms with Crippen molar-refractivity contribution in [3.05, 3.63) is 61.9 Å². The summed E-state index contributed by atoms with van der Waals surface area (Å²) in [6.07, 6.45) is -2.97. The van der Waals surface area contributed by atoms with Gasteiger partial charge in [-0.1, -0.05) is 29.3 Å². The number of fused-ring (bicyclic) bond motifs is 1. The van der Waals surface area contributed by atoms with E-state index in [-0.39, 0.29) is 43.8 Å². The Bertz CT molecular complexity index is 1230. The van der Waals surface area contributed by atoms with Crippen LogP contribution in [0.2, 0.25) is 10.0 Å². The van der Waals surface area contributed by atoms with Crippen LogP contribution in [-0.4, -0.2) is 30.1 Å². The topological polar surface area (TPSA) is 53.7 Å². The molecule has 1 N–H and O–H groups in total. The lowest BCUT2D eigenvalue weighted by Gasteiger charge is -2.29. The molecule has 2 aromatic carbocycles. The second-order valence-electron chi connectivity index (χ2n) is 8.15. The van der Waals surface area contributed by atoms with Crippen LogP contribution in [-0.2, 0) is 12.6 Å². The zero-order chi connectivity index (χ0) is 23.2. The molecule has 2 heterocycles. The number of phenolic OH excluding ortho intramolecular Hbond substituents is 1. The normalized spacial score (nSPS) is 16.1. The van der Waals surface area contributed by atoms with Gasteiger partial charge in [-0.25, -0.2) is 0 Å². The van der Waals surface area contributed by atoms with E-state index >= 15 is 0 Å². The number of rotatable bonds is 3. The smallest absolute Gasteiger partial charge is 0.450 e. The molecule has 4 rings (SSSR count). The third-order valence-corrected chi connectivity index (χ3v) is 6.48. The van der Waals surface area contributed by atoms with Crippen LogP contribution in [0, 0.1) is 5.92 Å². The van der Waals surface area contributed by atoms with Gasteiger partial charge in [0.1, 0.15) is 11.3 Å². The van der Waals surface area contributed by atoms with Crippen molar-refractivity contribution in [3.8, 4) is 16.9 Å². The van der Waals surface area contributed by atoms with Crippen LogP contribution >= 0.6 is 23.2 Å². The van der Waals surface area contributed by atoms with Gasteiger partial charge in [0, 0.05) is 16.1 Å². The lowest BCUT2D eigenvalue weighted by molar-refractivity contribution is -0.152. The molecule has 9 heteroatoms. The number of halogens is 5. The Morgan fingerprint density at radius 2 is 1.84 bits per heavy atom. The van der Waals surface area contributed by atoms with Crippen molar-refractivity contribution < 1.29 is 22.7 Å². The summed E-state index contributed by atoms with van der Waals surface area (Å²) in [6.45, 7) is 1.71. The maximum Gasteiger partial charge on any atom is 0.450 e. The van der Waals surface area contributed by atoms with E-state index in [4.69, 9.17) is 27.6 Å². The zero-order valence-electron chi connectivity index (χ0n) is 17.1. The first-order valence-electron chi connectivity index (χ1n) is 10.1. The predicted molar refractivity (Wildman–Crippen MR) is 119 cm³/mol. The Kier molecular flexibility index (Phi) is 6.18. The van der Waals surface area contributed by atoms with E-state index in [2.05, 4.69) is 4.90 Å². The van der Waals surface area contributed by atoms with Gasteiger partial charge in [-0.2, -0.15) is 13.2 Å². The molecule has 0 atom stereocenters. The Balaban J connectivity index is 1.95. The second-order valence-corrected chi connectivity index (χ2v) is 8.99. The highest BCUT2D eigenvalue weighted by atomic mass is 35.5. The highest BCUT2D eigenvalue weighted by Gasteiger charge is 2.40. The van der Waals surface area contributed by atoms with Crippen LogP contribution < -0.4 is 5.43 Å². The molecular formula is C23H20Cl2F3NO3. The number of likely N-dealkylation sites (tertiary alicyclic amines) is 1. The molecule has 0 radical (unpaired) electrons. The summed E-state index contributed by atoms with van der Waals surface area (Å²) in [6, 6.07) is 6.49. The first-order valence-corrected chi connectivity index (χ1v) is 10.8. The van der Waals surface area contributed by atoms with E-state index in [1.54, 1.807) is 0 Å². The zero-order valence-corrected chi connectivity index (χ0v) is 18.6. The van der Waals surface area contributed by atoms with Crippen LogP contribution in [0.1, 0.15) is 24.2 Å². The van der Waals surface area contributed by atoms with Crippen LogP contribution in [0.4, 0.5) is 13.2 Å². The minimum Gasteiger partial charge on any atom is -0.508 e. The van der Waals surface area contributed by atoms with Gasteiger partial charge < -0.3 is 14.4 Å². The summed E-state index contributed by atoms with van der Waals surface area (Å²) in [4.78, 5) is 15.5. The number of phenols is 1. The Labute approximate surface area is 192 Å². The summed E-state index contributed by atoms with van der Waals surface area (Å²) in [5.41, 5.74) is -1.69. The fourth-order valence-corrected chi connectivity index (χ4v) is 4.70. The van der Waals surface area contributed by atoms with E-state index in [9.17, 15) is 23.1 Å². The minimum atomic E-state index is -4.96. The summed E-state index contributed by atoms with van der Waals surface area (Å²) in [5.74, 6) is -1.48. The number of benzene rings is 2. The minimum absolute atomic E-state index is 0.0419. The van der Waals surface area contributed by atoms with Crippen molar-refractivity contribution in [1.82, 2.24) is 4.90 Å². The number of alkyl halides is 3. The fourth-order valence-electron chi connectivity index (χ4n) is 4.19. The Morgan fingerprint density at radius 3 is 2.47 bits per heavy atom. The monoisotopic (exact) mass is 485 g/mol. The molecule has 4 nitrogen and oxygen atoms in total. The molecule has 0 spiro atoms. The molecule has 0 saturated carbocycles. The van der Waals surface area contributed by atoms with Crippen LogP contribution in [0.5, 0.6) is 5.75 Å². The van der Waals surface area contributed by atoms with Gasteiger partial charge in [0.05, 0.1) is 16.0 Å². The molecule has 3 aromatic rings. The van der Waals surface area contributed by atoms with Crippen molar-refractivity contribution in [1.29, 1.82) is 0 Å². The summed E-state index contributed by atoms with van der Waals surface area (Å²) < 4.78 is 47.4. The average Bonchev–Trinajstić information content (AvgIpc) is 2.71. The largest absolute Gasteiger partial charge is 0.508 e. The molecular weight excluding hydrogens is 466 g/mol.